The highest BCUT2D eigenvalue weighted by Crippen LogP contribution is 2.24. The van der Waals surface area contributed by atoms with Crippen molar-refractivity contribution in [2.24, 2.45) is 0 Å². The van der Waals surface area contributed by atoms with Crippen LogP contribution in [0.5, 0.6) is 5.75 Å². The fourth-order valence-electron chi connectivity index (χ4n) is 3.07. The highest BCUT2D eigenvalue weighted by atomic mass is 32.2. The quantitative estimate of drug-likeness (QED) is 0.559. The number of sulfonamides is 1. The standard InChI is InChI=1S/C19H25N5O3S/c1-13-14(2)23-19(20)17-18(13)24(12-21-17)11-5-4-10-22-28(25,26)16-8-6-15(27-3)7-9-16/h6-9,12,22H,4-5,10-11H2,1-3H3,(H2,20,23). The van der Waals surface area contributed by atoms with E-state index in [2.05, 4.69) is 14.7 Å². The average molecular weight is 404 g/mol. The molecule has 0 saturated heterocycles. The second-order valence-electron chi connectivity index (χ2n) is 6.62. The zero-order valence-electron chi connectivity index (χ0n) is 16.3. The van der Waals surface area contributed by atoms with Crippen LogP contribution in [0.4, 0.5) is 5.82 Å². The zero-order chi connectivity index (χ0) is 20.3. The van der Waals surface area contributed by atoms with Crippen LogP contribution < -0.4 is 15.2 Å². The molecule has 3 rings (SSSR count). The third-order valence-electron chi connectivity index (χ3n) is 4.75. The molecule has 8 nitrogen and oxygen atoms in total. The lowest BCUT2D eigenvalue weighted by molar-refractivity contribution is 0.414. The van der Waals surface area contributed by atoms with E-state index in [1.54, 1.807) is 25.6 Å². The molecule has 3 N–H and O–H groups in total. The van der Waals surface area contributed by atoms with E-state index in [0.717, 1.165) is 29.7 Å². The summed E-state index contributed by atoms with van der Waals surface area (Å²) in [6.45, 7) is 5.02. The summed E-state index contributed by atoms with van der Waals surface area (Å²) < 4.78 is 34.4. The third kappa shape index (κ3) is 4.10. The Labute approximate surface area is 164 Å². The molecule has 0 fully saturated rings. The van der Waals surface area contributed by atoms with Gasteiger partial charge in [0.05, 0.1) is 23.8 Å². The number of hydrogen-bond donors (Lipinski definition) is 2. The lowest BCUT2D eigenvalue weighted by Gasteiger charge is -2.10. The van der Waals surface area contributed by atoms with E-state index in [1.165, 1.54) is 12.1 Å². The van der Waals surface area contributed by atoms with Crippen molar-refractivity contribution in [2.45, 2.75) is 38.1 Å². The predicted molar refractivity (Wildman–Crippen MR) is 109 cm³/mol. The molecule has 2 aromatic heterocycles. The van der Waals surface area contributed by atoms with E-state index in [-0.39, 0.29) is 4.90 Å². The third-order valence-corrected chi connectivity index (χ3v) is 6.23. The van der Waals surface area contributed by atoms with Gasteiger partial charge in [0.25, 0.3) is 0 Å². The maximum atomic E-state index is 12.3. The van der Waals surface area contributed by atoms with Crippen LogP contribution in [0.15, 0.2) is 35.5 Å². The Balaban J connectivity index is 1.57. The van der Waals surface area contributed by atoms with Gasteiger partial charge >= 0.3 is 0 Å². The molecule has 0 unspecified atom stereocenters. The van der Waals surface area contributed by atoms with Crippen LogP contribution in [-0.4, -0.2) is 36.6 Å². The molecule has 9 heteroatoms. The number of rotatable bonds is 8. The van der Waals surface area contributed by atoms with Gasteiger partial charge in [-0.1, -0.05) is 0 Å². The highest BCUT2D eigenvalue weighted by Gasteiger charge is 2.14. The van der Waals surface area contributed by atoms with Crippen LogP contribution >= 0.6 is 0 Å². The zero-order valence-corrected chi connectivity index (χ0v) is 17.1. The maximum Gasteiger partial charge on any atom is 0.240 e. The SMILES string of the molecule is COc1ccc(S(=O)(=O)NCCCCn2cnc3c(N)nc(C)c(C)c32)cc1. The number of pyridine rings is 1. The minimum atomic E-state index is -3.52. The maximum absolute atomic E-state index is 12.3. The van der Waals surface area contributed by atoms with Gasteiger partial charge in [-0.15, -0.1) is 0 Å². The highest BCUT2D eigenvalue weighted by molar-refractivity contribution is 7.89. The van der Waals surface area contributed by atoms with Crippen molar-refractivity contribution in [3.63, 3.8) is 0 Å². The number of anilines is 1. The van der Waals surface area contributed by atoms with E-state index < -0.39 is 10.0 Å². The topological polar surface area (TPSA) is 112 Å². The van der Waals surface area contributed by atoms with Gasteiger partial charge < -0.3 is 15.0 Å². The molecule has 0 spiro atoms. The van der Waals surface area contributed by atoms with Gasteiger partial charge in [-0.3, -0.25) is 0 Å². The van der Waals surface area contributed by atoms with Gasteiger partial charge in [-0.25, -0.2) is 23.1 Å². The molecule has 0 bridgehead atoms. The Hall–Kier alpha value is -2.65. The smallest absolute Gasteiger partial charge is 0.240 e. The molecule has 150 valence electrons. The molecule has 0 radical (unpaired) electrons. The summed E-state index contributed by atoms with van der Waals surface area (Å²) in [6, 6.07) is 6.32. The Kier molecular flexibility index (Phi) is 5.85. The number of fused-ring (bicyclic) bond motifs is 1. The van der Waals surface area contributed by atoms with E-state index >= 15 is 0 Å². The summed E-state index contributed by atoms with van der Waals surface area (Å²) in [5.41, 5.74) is 9.61. The second kappa shape index (κ2) is 8.15. The molecule has 3 aromatic rings. The van der Waals surface area contributed by atoms with Crippen LogP contribution in [0.25, 0.3) is 11.0 Å². The van der Waals surface area contributed by atoms with Crippen LogP contribution in [-0.2, 0) is 16.6 Å². The summed E-state index contributed by atoms with van der Waals surface area (Å²) in [5, 5.41) is 0. The first-order chi connectivity index (χ1) is 13.3. The second-order valence-corrected chi connectivity index (χ2v) is 8.39. The molecule has 0 atom stereocenters. The number of nitrogens with zero attached hydrogens (tertiary/aromatic N) is 3. The molecule has 0 aliphatic rings. The van der Waals surface area contributed by atoms with Gasteiger partial charge in [0, 0.05) is 18.8 Å². The number of nitrogens with one attached hydrogen (secondary N) is 1. The van der Waals surface area contributed by atoms with Crippen molar-refractivity contribution < 1.29 is 13.2 Å². The van der Waals surface area contributed by atoms with Crippen molar-refractivity contribution in [1.29, 1.82) is 0 Å². The molecule has 0 amide bonds. The number of imidazole rings is 1. The van der Waals surface area contributed by atoms with Crippen molar-refractivity contribution in [3.05, 3.63) is 41.9 Å². The summed E-state index contributed by atoms with van der Waals surface area (Å²) in [5.74, 6) is 1.05. The molecular formula is C19H25N5O3S. The largest absolute Gasteiger partial charge is 0.497 e. The van der Waals surface area contributed by atoms with Crippen molar-refractivity contribution in [3.8, 4) is 5.75 Å². The molecule has 1 aromatic carbocycles. The van der Waals surface area contributed by atoms with Crippen LogP contribution in [0.1, 0.15) is 24.1 Å². The molecule has 0 saturated carbocycles. The predicted octanol–water partition coefficient (Wildman–Crippen LogP) is 2.40. The van der Waals surface area contributed by atoms with E-state index in [9.17, 15) is 8.42 Å². The summed E-state index contributed by atoms with van der Waals surface area (Å²) in [4.78, 5) is 8.90. The van der Waals surface area contributed by atoms with Crippen LogP contribution in [0.3, 0.4) is 0 Å². The fourth-order valence-corrected chi connectivity index (χ4v) is 4.15. The molecule has 28 heavy (non-hydrogen) atoms. The number of hydrogen-bond acceptors (Lipinski definition) is 6. The number of aromatic nitrogens is 3. The van der Waals surface area contributed by atoms with Gasteiger partial charge in [0.15, 0.2) is 5.82 Å². The summed E-state index contributed by atoms with van der Waals surface area (Å²) in [7, 11) is -1.98. The molecule has 2 heterocycles. The molecule has 0 aliphatic carbocycles. The number of aryl methyl sites for hydroxylation is 3. The van der Waals surface area contributed by atoms with Crippen molar-refractivity contribution >= 4 is 26.9 Å². The number of unbranched alkanes of at least 4 members (excludes halogenated alkanes) is 1. The van der Waals surface area contributed by atoms with E-state index in [0.29, 0.717) is 30.0 Å². The van der Waals surface area contributed by atoms with Gasteiger partial charge in [0.1, 0.15) is 11.3 Å². The monoisotopic (exact) mass is 403 g/mol. The average Bonchev–Trinajstić information content (AvgIpc) is 3.10. The minimum Gasteiger partial charge on any atom is -0.497 e. The van der Waals surface area contributed by atoms with Crippen LogP contribution in [0.2, 0.25) is 0 Å². The van der Waals surface area contributed by atoms with E-state index in [4.69, 9.17) is 10.5 Å². The number of ether oxygens (including phenoxy) is 1. The lowest BCUT2D eigenvalue weighted by Crippen LogP contribution is -2.25. The van der Waals surface area contributed by atoms with Crippen LogP contribution in [0, 0.1) is 13.8 Å². The number of methoxy groups -OCH3 is 1. The Morgan fingerprint density at radius 2 is 1.89 bits per heavy atom. The Morgan fingerprint density at radius 1 is 1.18 bits per heavy atom. The van der Waals surface area contributed by atoms with Gasteiger partial charge in [-0.05, 0) is 56.5 Å². The summed E-state index contributed by atoms with van der Waals surface area (Å²) >= 11 is 0. The van der Waals surface area contributed by atoms with Crippen molar-refractivity contribution in [2.75, 3.05) is 19.4 Å². The van der Waals surface area contributed by atoms with Crippen molar-refractivity contribution in [1.82, 2.24) is 19.3 Å². The Morgan fingerprint density at radius 3 is 2.57 bits per heavy atom. The van der Waals surface area contributed by atoms with E-state index in [1.807, 2.05) is 18.4 Å². The first-order valence-corrected chi connectivity index (χ1v) is 10.5. The number of benzene rings is 1. The molecular weight excluding hydrogens is 378 g/mol. The number of nitrogen functional groups attached to an aromatic ring is 1. The first kappa shape index (κ1) is 20.1. The lowest BCUT2D eigenvalue weighted by atomic mass is 10.2. The number of nitrogens with two attached hydrogens (primary N) is 1. The first-order valence-electron chi connectivity index (χ1n) is 9.04. The fraction of sp³-hybridized carbons (Fsp3) is 0.368. The Bertz CT molecular complexity index is 1080. The summed E-state index contributed by atoms with van der Waals surface area (Å²) in [6.07, 6.45) is 3.27. The van der Waals surface area contributed by atoms with Gasteiger partial charge in [-0.2, -0.15) is 0 Å². The molecule has 0 aliphatic heterocycles. The normalized spacial score (nSPS) is 11.8. The minimum absolute atomic E-state index is 0.225. The van der Waals surface area contributed by atoms with Gasteiger partial charge in [0.2, 0.25) is 10.0 Å².